The summed E-state index contributed by atoms with van der Waals surface area (Å²) in [6, 6.07) is 15.1. The van der Waals surface area contributed by atoms with E-state index in [1.807, 2.05) is 0 Å². The summed E-state index contributed by atoms with van der Waals surface area (Å²) in [5.41, 5.74) is -0.130. The molecule has 2 aromatic carbocycles. The first kappa shape index (κ1) is 20.0. The molecular formula is C20H18FNO4S2. The summed E-state index contributed by atoms with van der Waals surface area (Å²) >= 11 is 1.28. The highest BCUT2D eigenvalue weighted by atomic mass is 32.2. The topological polar surface area (TPSA) is 72.5 Å². The fourth-order valence-electron chi connectivity index (χ4n) is 2.69. The van der Waals surface area contributed by atoms with Crippen LogP contribution in [-0.2, 0) is 9.84 Å². The second kappa shape index (κ2) is 8.53. The van der Waals surface area contributed by atoms with Gasteiger partial charge in [0.05, 0.1) is 17.6 Å². The number of nitrogens with one attached hydrogen (secondary N) is 1. The minimum Gasteiger partial charge on any atom is -0.497 e. The summed E-state index contributed by atoms with van der Waals surface area (Å²) < 4.78 is 45.3. The normalized spacial score (nSPS) is 12.4. The summed E-state index contributed by atoms with van der Waals surface area (Å²) in [4.78, 5) is 13.0. The maximum absolute atomic E-state index is 13.8. The molecule has 3 rings (SSSR count). The molecule has 1 aromatic heterocycles. The number of halogens is 1. The van der Waals surface area contributed by atoms with E-state index in [-0.39, 0.29) is 17.0 Å². The molecule has 0 unspecified atom stereocenters. The molecule has 0 fully saturated rings. The van der Waals surface area contributed by atoms with E-state index in [0.29, 0.717) is 10.6 Å². The average molecular weight is 419 g/mol. The number of hydrogen-bond acceptors (Lipinski definition) is 5. The molecule has 0 aliphatic heterocycles. The van der Waals surface area contributed by atoms with Crippen molar-refractivity contribution in [2.45, 2.75) is 10.1 Å². The van der Waals surface area contributed by atoms with Crippen LogP contribution in [0.5, 0.6) is 5.75 Å². The Hall–Kier alpha value is -2.71. The lowest BCUT2D eigenvalue weighted by molar-refractivity contribution is 0.0949. The molecule has 0 spiro atoms. The monoisotopic (exact) mass is 419 g/mol. The number of ether oxygens (including phenoxy) is 1. The molecular weight excluding hydrogens is 401 g/mol. The van der Waals surface area contributed by atoms with Crippen LogP contribution in [0.4, 0.5) is 4.39 Å². The van der Waals surface area contributed by atoms with Gasteiger partial charge in [0.25, 0.3) is 5.91 Å². The van der Waals surface area contributed by atoms with Crippen molar-refractivity contribution < 1.29 is 22.3 Å². The number of benzene rings is 2. The average Bonchev–Trinajstić information content (AvgIpc) is 3.22. The van der Waals surface area contributed by atoms with Crippen LogP contribution in [0, 0.1) is 5.82 Å². The van der Waals surface area contributed by atoms with E-state index in [9.17, 15) is 17.6 Å². The Bertz CT molecular complexity index is 1050. The van der Waals surface area contributed by atoms with Gasteiger partial charge in [-0.25, -0.2) is 12.8 Å². The Morgan fingerprint density at radius 2 is 1.82 bits per heavy atom. The van der Waals surface area contributed by atoms with Crippen LogP contribution in [0.1, 0.15) is 20.5 Å². The van der Waals surface area contributed by atoms with Gasteiger partial charge in [-0.2, -0.15) is 0 Å². The molecule has 0 saturated carbocycles. The third-order valence-electron chi connectivity index (χ3n) is 4.19. The van der Waals surface area contributed by atoms with Crippen molar-refractivity contribution in [3.63, 3.8) is 0 Å². The highest BCUT2D eigenvalue weighted by Crippen LogP contribution is 2.32. The Labute approximate surface area is 166 Å². The Kier molecular flexibility index (Phi) is 6.11. The lowest BCUT2D eigenvalue weighted by atomic mass is 10.2. The largest absolute Gasteiger partial charge is 0.497 e. The van der Waals surface area contributed by atoms with Gasteiger partial charge < -0.3 is 10.1 Å². The number of thiophene rings is 1. The molecule has 146 valence electrons. The maximum Gasteiger partial charge on any atom is 0.254 e. The van der Waals surface area contributed by atoms with Crippen molar-refractivity contribution in [3.8, 4) is 5.75 Å². The van der Waals surface area contributed by atoms with Gasteiger partial charge in [-0.1, -0.05) is 18.2 Å². The minimum atomic E-state index is -3.79. The van der Waals surface area contributed by atoms with Crippen LogP contribution in [-0.4, -0.2) is 28.0 Å². The van der Waals surface area contributed by atoms with Crippen LogP contribution in [0.3, 0.4) is 0 Å². The molecule has 1 amide bonds. The number of carbonyl (C=O) groups excluding carboxylic acids is 1. The second-order valence-corrected chi connectivity index (χ2v) is 9.02. The van der Waals surface area contributed by atoms with Crippen LogP contribution in [0.2, 0.25) is 0 Å². The number of hydrogen-bond donors (Lipinski definition) is 1. The zero-order valence-corrected chi connectivity index (χ0v) is 16.6. The maximum atomic E-state index is 13.8. The van der Waals surface area contributed by atoms with Gasteiger partial charge in [0, 0.05) is 11.4 Å². The Morgan fingerprint density at radius 1 is 1.11 bits per heavy atom. The smallest absolute Gasteiger partial charge is 0.254 e. The first-order valence-electron chi connectivity index (χ1n) is 8.37. The molecule has 0 saturated heterocycles. The van der Waals surface area contributed by atoms with E-state index < -0.39 is 26.8 Å². The summed E-state index contributed by atoms with van der Waals surface area (Å²) in [5, 5.41) is 3.33. The lowest BCUT2D eigenvalue weighted by Gasteiger charge is -2.18. The van der Waals surface area contributed by atoms with E-state index in [2.05, 4.69) is 5.32 Å². The number of sulfone groups is 1. The quantitative estimate of drug-likeness (QED) is 0.632. The van der Waals surface area contributed by atoms with Gasteiger partial charge >= 0.3 is 0 Å². The predicted octanol–water partition coefficient (Wildman–Crippen LogP) is 3.84. The molecule has 1 atom stereocenters. The van der Waals surface area contributed by atoms with Crippen molar-refractivity contribution in [2.24, 2.45) is 0 Å². The van der Waals surface area contributed by atoms with E-state index in [0.717, 1.165) is 0 Å². The first-order valence-corrected chi connectivity index (χ1v) is 10.8. The Morgan fingerprint density at radius 3 is 2.43 bits per heavy atom. The number of methoxy groups -OCH3 is 1. The number of amides is 1. The molecule has 0 bridgehead atoms. The van der Waals surface area contributed by atoms with Gasteiger partial charge in [0.1, 0.15) is 16.8 Å². The first-order chi connectivity index (χ1) is 13.4. The third kappa shape index (κ3) is 4.23. The van der Waals surface area contributed by atoms with Crippen molar-refractivity contribution >= 4 is 27.1 Å². The number of carbonyl (C=O) groups is 1. The van der Waals surface area contributed by atoms with E-state index in [4.69, 9.17) is 4.74 Å². The van der Waals surface area contributed by atoms with Crippen molar-refractivity contribution in [2.75, 3.05) is 13.7 Å². The summed E-state index contributed by atoms with van der Waals surface area (Å²) in [6.45, 7) is -0.179. The molecule has 0 radical (unpaired) electrons. The molecule has 3 aromatic rings. The zero-order valence-electron chi connectivity index (χ0n) is 15.0. The number of rotatable bonds is 7. The lowest BCUT2D eigenvalue weighted by Crippen LogP contribution is -2.32. The van der Waals surface area contributed by atoms with Crippen molar-refractivity contribution in [1.82, 2.24) is 5.32 Å². The van der Waals surface area contributed by atoms with E-state index in [1.54, 1.807) is 35.7 Å². The minimum absolute atomic E-state index is 0.117. The molecule has 1 N–H and O–H groups in total. The Balaban J connectivity index is 1.87. The van der Waals surface area contributed by atoms with Gasteiger partial charge in [-0.15, -0.1) is 11.3 Å². The second-order valence-electron chi connectivity index (χ2n) is 5.91. The highest BCUT2D eigenvalue weighted by molar-refractivity contribution is 7.91. The van der Waals surface area contributed by atoms with Crippen LogP contribution < -0.4 is 10.1 Å². The summed E-state index contributed by atoms with van der Waals surface area (Å²) in [7, 11) is -2.29. The zero-order chi connectivity index (χ0) is 20.1. The molecule has 8 heteroatoms. The third-order valence-corrected chi connectivity index (χ3v) is 7.42. The van der Waals surface area contributed by atoms with Gasteiger partial charge in [-0.3, -0.25) is 4.79 Å². The molecule has 28 heavy (non-hydrogen) atoms. The van der Waals surface area contributed by atoms with Crippen LogP contribution in [0.25, 0.3) is 0 Å². The van der Waals surface area contributed by atoms with Crippen LogP contribution in [0.15, 0.2) is 70.9 Å². The standard InChI is InChI=1S/C20H18FNO4S2/c1-26-14-8-10-15(11-9-14)28(24,25)19(18-7-4-12-27-18)13-22-20(23)16-5-2-3-6-17(16)21/h2-12,19H,13H2,1H3,(H,22,23)/t19-/m1/s1. The SMILES string of the molecule is COc1ccc(S(=O)(=O)[C@H](CNC(=O)c2ccccc2F)c2cccs2)cc1. The molecule has 0 aliphatic rings. The van der Waals surface area contributed by atoms with Crippen LogP contribution >= 0.6 is 11.3 Å². The predicted molar refractivity (Wildman–Crippen MR) is 106 cm³/mol. The summed E-state index contributed by atoms with van der Waals surface area (Å²) in [5.74, 6) is -0.783. The molecule has 0 aliphatic carbocycles. The summed E-state index contributed by atoms with van der Waals surface area (Å²) in [6.07, 6.45) is 0. The fourth-order valence-corrected chi connectivity index (χ4v) is 5.48. The fraction of sp³-hybridized carbons (Fsp3) is 0.150. The van der Waals surface area contributed by atoms with Crippen molar-refractivity contribution in [3.05, 3.63) is 82.3 Å². The van der Waals surface area contributed by atoms with Gasteiger partial charge in [0.15, 0.2) is 9.84 Å². The van der Waals surface area contributed by atoms with E-state index >= 15 is 0 Å². The highest BCUT2D eigenvalue weighted by Gasteiger charge is 2.30. The van der Waals surface area contributed by atoms with Gasteiger partial charge in [-0.05, 0) is 47.8 Å². The van der Waals surface area contributed by atoms with E-state index in [1.165, 1.54) is 48.8 Å². The molecule has 5 nitrogen and oxygen atoms in total. The van der Waals surface area contributed by atoms with Crippen molar-refractivity contribution in [1.29, 1.82) is 0 Å². The molecule has 1 heterocycles. The van der Waals surface area contributed by atoms with Gasteiger partial charge in [0.2, 0.25) is 0 Å².